The number of amides is 3. The average Bonchev–Trinajstić information content (AvgIpc) is 3.26. The van der Waals surface area contributed by atoms with Crippen LogP contribution in [0.1, 0.15) is 43.0 Å². The summed E-state index contributed by atoms with van der Waals surface area (Å²) in [4.78, 5) is 43.8. The molecular weight excluding hydrogens is 402 g/mol. The second-order valence-corrected chi connectivity index (χ2v) is 9.91. The van der Waals surface area contributed by atoms with Crippen molar-refractivity contribution in [2.24, 2.45) is 16.7 Å². The second kappa shape index (κ2) is 7.56. The molecule has 3 aliphatic rings. The highest BCUT2D eigenvalue weighted by molar-refractivity contribution is 6.30. The van der Waals surface area contributed by atoms with Gasteiger partial charge in [0.15, 0.2) is 0 Å². The Bertz CT molecular complexity index is 861. The van der Waals surface area contributed by atoms with Gasteiger partial charge in [-0.25, -0.2) is 0 Å². The van der Waals surface area contributed by atoms with Crippen LogP contribution in [0, 0.1) is 16.7 Å². The zero-order chi connectivity index (χ0) is 21.7. The highest BCUT2D eigenvalue weighted by atomic mass is 35.5. The summed E-state index contributed by atoms with van der Waals surface area (Å²) in [7, 11) is 3.62. The van der Waals surface area contributed by atoms with Crippen LogP contribution in [0.2, 0.25) is 5.02 Å². The standard InChI is InChI=1S/C23H30ClN3O3/c1-16(28)27-14-19-22(8-9-23(19,15-27)21(30)25(2)3)10-12-26(13-11-22)20(29)17-4-6-18(24)7-5-17/h4-7,19H,8-15H2,1-3H3/t19-,23+/m1/s1. The molecule has 6 nitrogen and oxygen atoms in total. The second-order valence-electron chi connectivity index (χ2n) is 9.47. The maximum absolute atomic E-state index is 13.2. The van der Waals surface area contributed by atoms with Crippen LogP contribution < -0.4 is 0 Å². The molecule has 2 heterocycles. The molecule has 162 valence electrons. The van der Waals surface area contributed by atoms with E-state index in [0.717, 1.165) is 25.7 Å². The molecule has 0 N–H and O–H groups in total. The Balaban J connectivity index is 1.53. The number of hydrogen-bond acceptors (Lipinski definition) is 3. The van der Waals surface area contributed by atoms with Crippen molar-refractivity contribution in [3.63, 3.8) is 0 Å². The van der Waals surface area contributed by atoms with Gasteiger partial charge in [-0.05, 0) is 61.3 Å². The van der Waals surface area contributed by atoms with E-state index in [-0.39, 0.29) is 29.1 Å². The Morgan fingerprint density at radius 2 is 1.63 bits per heavy atom. The van der Waals surface area contributed by atoms with Gasteiger partial charge in [-0.3, -0.25) is 14.4 Å². The third-order valence-electron chi connectivity index (χ3n) is 7.77. The number of rotatable bonds is 2. The fraction of sp³-hybridized carbons (Fsp3) is 0.609. The summed E-state index contributed by atoms with van der Waals surface area (Å²) in [5.74, 6) is 0.386. The fourth-order valence-electron chi connectivity index (χ4n) is 6.13. The van der Waals surface area contributed by atoms with Crippen molar-refractivity contribution in [1.82, 2.24) is 14.7 Å². The van der Waals surface area contributed by atoms with E-state index in [1.165, 1.54) is 0 Å². The van der Waals surface area contributed by atoms with Gasteiger partial charge in [-0.2, -0.15) is 0 Å². The fourth-order valence-corrected chi connectivity index (χ4v) is 6.25. The van der Waals surface area contributed by atoms with E-state index in [2.05, 4.69) is 0 Å². The highest BCUT2D eigenvalue weighted by Gasteiger charge is 2.65. The summed E-state index contributed by atoms with van der Waals surface area (Å²) in [6, 6.07) is 7.03. The number of halogens is 1. The molecule has 1 aromatic carbocycles. The van der Waals surface area contributed by atoms with Crippen LogP contribution in [0.3, 0.4) is 0 Å². The lowest BCUT2D eigenvalue weighted by Gasteiger charge is -2.44. The summed E-state index contributed by atoms with van der Waals surface area (Å²) >= 11 is 5.95. The lowest BCUT2D eigenvalue weighted by atomic mass is 9.65. The molecule has 2 atom stereocenters. The van der Waals surface area contributed by atoms with Gasteiger partial charge in [0, 0.05) is 57.8 Å². The van der Waals surface area contributed by atoms with Crippen molar-refractivity contribution in [3.05, 3.63) is 34.9 Å². The van der Waals surface area contributed by atoms with E-state index in [9.17, 15) is 14.4 Å². The molecule has 4 rings (SSSR count). The van der Waals surface area contributed by atoms with E-state index < -0.39 is 5.41 Å². The van der Waals surface area contributed by atoms with Crippen LogP contribution in [0.15, 0.2) is 24.3 Å². The van der Waals surface area contributed by atoms with Gasteiger partial charge in [-0.1, -0.05) is 11.6 Å². The molecule has 3 amide bonds. The van der Waals surface area contributed by atoms with Crippen molar-refractivity contribution in [1.29, 1.82) is 0 Å². The molecule has 1 aliphatic carbocycles. The van der Waals surface area contributed by atoms with Gasteiger partial charge < -0.3 is 14.7 Å². The first kappa shape index (κ1) is 21.2. The lowest BCUT2D eigenvalue weighted by molar-refractivity contribution is -0.141. The van der Waals surface area contributed by atoms with Gasteiger partial charge in [0.25, 0.3) is 5.91 Å². The smallest absolute Gasteiger partial charge is 0.253 e. The number of benzene rings is 1. The number of likely N-dealkylation sites (tertiary alicyclic amines) is 2. The van der Waals surface area contributed by atoms with E-state index in [4.69, 9.17) is 11.6 Å². The molecule has 1 spiro atoms. The van der Waals surface area contributed by atoms with E-state index in [1.807, 2.05) is 23.9 Å². The topological polar surface area (TPSA) is 60.9 Å². The summed E-state index contributed by atoms with van der Waals surface area (Å²) in [5.41, 5.74) is 0.201. The van der Waals surface area contributed by atoms with Crippen molar-refractivity contribution >= 4 is 29.3 Å². The molecule has 2 aliphatic heterocycles. The van der Waals surface area contributed by atoms with E-state index >= 15 is 0 Å². The zero-order valence-electron chi connectivity index (χ0n) is 18.0. The maximum Gasteiger partial charge on any atom is 0.253 e. The predicted molar refractivity (Wildman–Crippen MR) is 115 cm³/mol. The van der Waals surface area contributed by atoms with Crippen LogP contribution in [-0.4, -0.2) is 72.7 Å². The third kappa shape index (κ3) is 3.29. The average molecular weight is 432 g/mol. The summed E-state index contributed by atoms with van der Waals surface area (Å²) < 4.78 is 0. The summed E-state index contributed by atoms with van der Waals surface area (Å²) in [6.45, 7) is 4.14. The maximum atomic E-state index is 13.2. The largest absolute Gasteiger partial charge is 0.348 e. The molecule has 0 radical (unpaired) electrons. The Hall–Kier alpha value is -2.08. The minimum absolute atomic E-state index is 0.0205. The Morgan fingerprint density at radius 3 is 2.20 bits per heavy atom. The molecule has 7 heteroatoms. The van der Waals surface area contributed by atoms with Crippen LogP contribution in [0.4, 0.5) is 0 Å². The Morgan fingerprint density at radius 1 is 1.00 bits per heavy atom. The molecule has 0 unspecified atom stereocenters. The van der Waals surface area contributed by atoms with Gasteiger partial charge in [-0.15, -0.1) is 0 Å². The monoisotopic (exact) mass is 431 g/mol. The third-order valence-corrected chi connectivity index (χ3v) is 8.02. The zero-order valence-corrected chi connectivity index (χ0v) is 18.7. The quantitative estimate of drug-likeness (QED) is 0.723. The highest BCUT2D eigenvalue weighted by Crippen LogP contribution is 2.62. The molecule has 3 fully saturated rings. The first-order valence-electron chi connectivity index (χ1n) is 10.7. The molecular formula is C23H30ClN3O3. The molecule has 30 heavy (non-hydrogen) atoms. The molecule has 1 saturated carbocycles. The Labute approximate surface area is 183 Å². The van der Waals surface area contributed by atoms with Crippen molar-refractivity contribution in [2.45, 2.75) is 32.6 Å². The number of carbonyl (C=O) groups is 3. The van der Waals surface area contributed by atoms with Crippen LogP contribution in [0.5, 0.6) is 0 Å². The minimum atomic E-state index is -0.475. The molecule has 1 aromatic rings. The van der Waals surface area contributed by atoms with Crippen LogP contribution >= 0.6 is 11.6 Å². The first-order chi connectivity index (χ1) is 14.2. The van der Waals surface area contributed by atoms with Crippen molar-refractivity contribution < 1.29 is 14.4 Å². The minimum Gasteiger partial charge on any atom is -0.348 e. The number of fused-ring (bicyclic) bond motifs is 2. The normalized spacial score (nSPS) is 27.3. The van der Waals surface area contributed by atoms with Crippen molar-refractivity contribution in [2.75, 3.05) is 40.3 Å². The van der Waals surface area contributed by atoms with Crippen LogP contribution in [0.25, 0.3) is 0 Å². The number of piperidine rings is 1. The van der Waals surface area contributed by atoms with Gasteiger partial charge >= 0.3 is 0 Å². The van der Waals surface area contributed by atoms with E-state index in [1.54, 1.807) is 36.1 Å². The number of carbonyl (C=O) groups excluding carboxylic acids is 3. The van der Waals surface area contributed by atoms with Gasteiger partial charge in [0.1, 0.15) is 0 Å². The predicted octanol–water partition coefficient (Wildman–Crippen LogP) is 2.91. The molecule has 0 bridgehead atoms. The number of nitrogens with zero attached hydrogens (tertiary/aromatic N) is 3. The van der Waals surface area contributed by atoms with Crippen LogP contribution in [-0.2, 0) is 9.59 Å². The SMILES string of the molecule is CC(=O)N1C[C@@H]2C3(CCN(C(=O)c4ccc(Cl)cc4)CC3)CC[C@]2(C(=O)N(C)C)C1. The Kier molecular flexibility index (Phi) is 5.33. The summed E-state index contributed by atoms with van der Waals surface area (Å²) in [6.07, 6.45) is 3.58. The number of hydrogen-bond donors (Lipinski definition) is 0. The van der Waals surface area contributed by atoms with Gasteiger partial charge in [0.2, 0.25) is 11.8 Å². The molecule has 2 saturated heterocycles. The summed E-state index contributed by atoms with van der Waals surface area (Å²) in [5, 5.41) is 0.619. The van der Waals surface area contributed by atoms with Crippen molar-refractivity contribution in [3.8, 4) is 0 Å². The van der Waals surface area contributed by atoms with E-state index in [0.29, 0.717) is 36.8 Å². The lowest BCUT2D eigenvalue weighted by Crippen LogP contribution is -2.49. The first-order valence-corrected chi connectivity index (χ1v) is 11.1. The van der Waals surface area contributed by atoms with Gasteiger partial charge in [0.05, 0.1) is 5.41 Å². The molecule has 0 aromatic heterocycles.